The van der Waals surface area contributed by atoms with Gasteiger partial charge in [-0.1, -0.05) is 35.9 Å². The minimum Gasteiger partial charge on any atom is -0.495 e. The molecule has 0 spiro atoms. The molecule has 0 aliphatic rings. The van der Waals surface area contributed by atoms with Gasteiger partial charge >= 0.3 is 0 Å². The van der Waals surface area contributed by atoms with Crippen molar-refractivity contribution in [1.82, 2.24) is 0 Å². The number of ether oxygens (including phenoxy) is 3. The van der Waals surface area contributed by atoms with Crippen molar-refractivity contribution >= 4 is 38.9 Å². The maximum Gasteiger partial charge on any atom is 0.268 e. The Labute approximate surface area is 204 Å². The lowest BCUT2D eigenvalue weighted by Crippen LogP contribution is -2.38. The van der Waals surface area contributed by atoms with Crippen molar-refractivity contribution in [2.24, 2.45) is 0 Å². The number of nitrogens with zero attached hydrogens (tertiary/aromatic N) is 1. The average molecular weight is 505 g/mol. The molecule has 0 aliphatic heterocycles. The monoisotopic (exact) mass is 504 g/mol. The Morgan fingerprint density at radius 1 is 0.912 bits per heavy atom. The molecule has 0 unspecified atom stereocenters. The molecule has 8 nitrogen and oxygen atoms in total. The van der Waals surface area contributed by atoms with Crippen LogP contribution in [0.2, 0.25) is 5.02 Å². The fourth-order valence-electron chi connectivity index (χ4n) is 3.29. The molecule has 3 aromatic rings. The van der Waals surface area contributed by atoms with E-state index in [-0.39, 0.29) is 16.3 Å². The first-order valence-electron chi connectivity index (χ1n) is 10.1. The van der Waals surface area contributed by atoms with E-state index in [0.717, 1.165) is 9.87 Å². The van der Waals surface area contributed by atoms with E-state index in [9.17, 15) is 13.2 Å². The number of carbonyl (C=O) groups is 1. The van der Waals surface area contributed by atoms with Crippen LogP contribution in [0.3, 0.4) is 0 Å². The van der Waals surface area contributed by atoms with E-state index >= 15 is 0 Å². The van der Waals surface area contributed by atoms with Crippen molar-refractivity contribution in [3.63, 3.8) is 0 Å². The summed E-state index contributed by atoms with van der Waals surface area (Å²) in [5.41, 5.74) is 1.34. The zero-order valence-electron chi connectivity index (χ0n) is 19.2. The summed E-state index contributed by atoms with van der Waals surface area (Å²) in [6.45, 7) is 1.27. The Kier molecular flexibility index (Phi) is 7.90. The van der Waals surface area contributed by atoms with Gasteiger partial charge in [-0.05, 0) is 36.8 Å². The standard InChI is InChI=1S/C24H25ClN2O6S/c1-16-10-11-20(31-2)23(12-16)34(29,30)27(17-8-6-5-7-9-17)15-24(28)26-19-14-21(32-3)18(25)13-22(19)33-4/h5-14H,15H2,1-4H3,(H,26,28). The molecule has 0 bridgehead atoms. The summed E-state index contributed by atoms with van der Waals surface area (Å²) in [4.78, 5) is 13.0. The lowest BCUT2D eigenvalue weighted by Gasteiger charge is -2.25. The summed E-state index contributed by atoms with van der Waals surface area (Å²) < 4.78 is 44.3. The first-order valence-corrected chi connectivity index (χ1v) is 12.0. The van der Waals surface area contributed by atoms with Gasteiger partial charge in [0.25, 0.3) is 10.0 Å². The predicted molar refractivity (Wildman–Crippen MR) is 132 cm³/mol. The maximum absolute atomic E-state index is 13.7. The summed E-state index contributed by atoms with van der Waals surface area (Å²) in [5.74, 6) is 0.209. The molecular weight excluding hydrogens is 480 g/mol. The van der Waals surface area contributed by atoms with Crippen LogP contribution in [0.1, 0.15) is 5.56 Å². The van der Waals surface area contributed by atoms with Crippen molar-refractivity contribution in [1.29, 1.82) is 0 Å². The van der Waals surface area contributed by atoms with E-state index in [4.69, 9.17) is 25.8 Å². The summed E-state index contributed by atoms with van der Waals surface area (Å²) in [6.07, 6.45) is 0. The molecule has 180 valence electrons. The number of hydrogen-bond donors (Lipinski definition) is 1. The van der Waals surface area contributed by atoms with Crippen molar-refractivity contribution in [3.8, 4) is 17.2 Å². The molecule has 34 heavy (non-hydrogen) atoms. The number of carbonyl (C=O) groups excluding carboxylic acids is 1. The second-order valence-corrected chi connectivity index (χ2v) is 9.47. The number of anilines is 2. The lowest BCUT2D eigenvalue weighted by atomic mass is 10.2. The van der Waals surface area contributed by atoms with Gasteiger partial charge in [-0.15, -0.1) is 0 Å². The first-order chi connectivity index (χ1) is 16.2. The number of benzene rings is 3. The molecule has 0 aliphatic carbocycles. The summed E-state index contributed by atoms with van der Waals surface area (Å²) in [6, 6.07) is 16.2. The molecule has 0 radical (unpaired) electrons. The Morgan fingerprint density at radius 2 is 1.56 bits per heavy atom. The summed E-state index contributed by atoms with van der Waals surface area (Å²) in [7, 11) is 0.0926. The van der Waals surface area contributed by atoms with E-state index in [1.54, 1.807) is 49.4 Å². The highest BCUT2D eigenvalue weighted by Gasteiger charge is 2.30. The molecule has 0 saturated heterocycles. The average Bonchev–Trinajstić information content (AvgIpc) is 2.83. The fraction of sp³-hybridized carbons (Fsp3) is 0.208. The molecule has 0 heterocycles. The predicted octanol–water partition coefficient (Wildman–Crippen LogP) is 4.51. The topological polar surface area (TPSA) is 94.2 Å². The molecule has 0 aromatic heterocycles. The van der Waals surface area contributed by atoms with Crippen molar-refractivity contribution < 1.29 is 27.4 Å². The van der Waals surface area contributed by atoms with Crippen LogP contribution < -0.4 is 23.8 Å². The van der Waals surface area contributed by atoms with Crippen molar-refractivity contribution in [2.45, 2.75) is 11.8 Å². The largest absolute Gasteiger partial charge is 0.495 e. The Bertz CT molecular complexity index is 1280. The fourth-order valence-corrected chi connectivity index (χ4v) is 5.19. The SMILES string of the molecule is COc1cc(NC(=O)CN(c2ccccc2)S(=O)(=O)c2cc(C)ccc2OC)c(OC)cc1Cl. The van der Waals surface area contributed by atoms with E-state index < -0.39 is 22.5 Å². The Hall–Kier alpha value is -3.43. The van der Waals surface area contributed by atoms with Crippen LogP contribution in [0, 0.1) is 6.92 Å². The maximum atomic E-state index is 13.7. The van der Waals surface area contributed by atoms with E-state index in [2.05, 4.69) is 5.32 Å². The minimum atomic E-state index is -4.17. The number of amides is 1. The number of para-hydroxylation sites is 1. The Morgan fingerprint density at radius 3 is 2.18 bits per heavy atom. The summed E-state index contributed by atoms with van der Waals surface area (Å²) in [5, 5.41) is 2.99. The molecule has 1 N–H and O–H groups in total. The smallest absolute Gasteiger partial charge is 0.268 e. The van der Waals surface area contributed by atoms with Crippen molar-refractivity contribution in [3.05, 3.63) is 71.2 Å². The highest BCUT2D eigenvalue weighted by atomic mass is 35.5. The van der Waals surface area contributed by atoms with E-state index in [1.807, 2.05) is 0 Å². The van der Waals surface area contributed by atoms with Gasteiger partial charge in [0, 0.05) is 12.1 Å². The number of nitrogens with one attached hydrogen (secondary N) is 1. The third-order valence-corrected chi connectivity index (χ3v) is 7.06. The highest BCUT2D eigenvalue weighted by molar-refractivity contribution is 7.93. The normalized spacial score (nSPS) is 11.0. The lowest BCUT2D eigenvalue weighted by molar-refractivity contribution is -0.114. The molecule has 3 aromatic carbocycles. The minimum absolute atomic E-state index is 0.0441. The number of sulfonamides is 1. The zero-order chi connectivity index (χ0) is 24.9. The van der Waals surface area contributed by atoms with Crippen LogP contribution in [0.5, 0.6) is 17.2 Å². The number of hydrogen-bond acceptors (Lipinski definition) is 6. The third-order valence-electron chi connectivity index (χ3n) is 4.97. The number of aryl methyl sites for hydroxylation is 1. The molecule has 0 atom stereocenters. The molecule has 3 rings (SSSR count). The number of rotatable bonds is 9. The second-order valence-electron chi connectivity index (χ2n) is 7.24. The summed E-state index contributed by atoms with van der Waals surface area (Å²) >= 11 is 6.13. The second kappa shape index (κ2) is 10.7. The molecular formula is C24H25ClN2O6S. The van der Waals surface area contributed by atoms with Crippen LogP contribution in [-0.2, 0) is 14.8 Å². The van der Waals surface area contributed by atoms with Gasteiger partial charge in [-0.2, -0.15) is 0 Å². The highest BCUT2D eigenvalue weighted by Crippen LogP contribution is 2.36. The van der Waals surface area contributed by atoms with Gasteiger partial charge < -0.3 is 19.5 Å². The zero-order valence-corrected chi connectivity index (χ0v) is 20.7. The quantitative estimate of drug-likeness (QED) is 0.461. The third kappa shape index (κ3) is 5.37. The van der Waals surface area contributed by atoms with E-state index in [0.29, 0.717) is 22.2 Å². The first kappa shape index (κ1) is 25.2. The molecule has 0 fully saturated rings. The van der Waals surface area contributed by atoms with Crippen LogP contribution in [0.15, 0.2) is 65.6 Å². The molecule has 10 heteroatoms. The van der Waals surface area contributed by atoms with E-state index in [1.165, 1.54) is 39.5 Å². The van der Waals surface area contributed by atoms with Gasteiger partial charge in [0.05, 0.1) is 37.7 Å². The number of halogens is 1. The van der Waals surface area contributed by atoms with Crippen LogP contribution >= 0.6 is 11.6 Å². The van der Waals surface area contributed by atoms with Gasteiger partial charge in [-0.25, -0.2) is 8.42 Å². The van der Waals surface area contributed by atoms with Crippen LogP contribution in [-0.4, -0.2) is 42.2 Å². The van der Waals surface area contributed by atoms with Gasteiger partial charge in [0.2, 0.25) is 5.91 Å². The van der Waals surface area contributed by atoms with Gasteiger partial charge in [0.15, 0.2) is 0 Å². The Balaban J connectivity index is 2.01. The van der Waals surface area contributed by atoms with Crippen molar-refractivity contribution in [2.75, 3.05) is 37.5 Å². The van der Waals surface area contributed by atoms with Crippen LogP contribution in [0.25, 0.3) is 0 Å². The molecule has 0 saturated carbocycles. The number of methoxy groups -OCH3 is 3. The van der Waals surface area contributed by atoms with Crippen LogP contribution in [0.4, 0.5) is 11.4 Å². The molecule has 1 amide bonds. The van der Waals surface area contributed by atoms with Gasteiger partial charge in [-0.3, -0.25) is 9.10 Å². The van der Waals surface area contributed by atoms with Gasteiger partial charge in [0.1, 0.15) is 28.7 Å².